The van der Waals surface area contributed by atoms with Gasteiger partial charge in [0, 0.05) is 50.7 Å². The summed E-state index contributed by atoms with van der Waals surface area (Å²) in [5.41, 5.74) is 20.5. The lowest BCUT2D eigenvalue weighted by Crippen LogP contribution is -2.10. The molecule has 11 aromatic rings. The maximum Gasteiger partial charge on any atom is 0.153 e. The highest BCUT2D eigenvalue weighted by atomic mass is 16.3. The lowest BCUT2D eigenvalue weighted by atomic mass is 9.81. The van der Waals surface area contributed by atoms with E-state index in [1.807, 2.05) is 48.8 Å². The van der Waals surface area contributed by atoms with Gasteiger partial charge in [-0.15, -0.1) is 0 Å². The topological polar surface area (TPSA) is 55.1 Å². The number of benzene rings is 7. The summed E-state index contributed by atoms with van der Waals surface area (Å²) in [4.78, 5) is 17.0. The van der Waals surface area contributed by atoms with E-state index in [-0.39, 0.29) is 0 Å². The van der Waals surface area contributed by atoms with Gasteiger partial charge in [0.2, 0.25) is 0 Å². The van der Waals surface area contributed by atoms with Gasteiger partial charge in [0.25, 0.3) is 0 Å². The van der Waals surface area contributed by atoms with Crippen molar-refractivity contribution >= 4 is 73.0 Å². The molecule has 0 aliphatic heterocycles. The average Bonchev–Trinajstić information content (AvgIpc) is 3.74. The first-order chi connectivity index (χ1) is 31.7. The van der Waals surface area contributed by atoms with Crippen LogP contribution in [0.25, 0.3) is 101 Å². The van der Waals surface area contributed by atoms with E-state index < -0.39 is 0 Å². The highest BCUT2D eigenvalue weighted by Gasteiger charge is 2.21. The maximum atomic E-state index is 6.09. The minimum Gasteiger partial charge on any atom is -0.454 e. The van der Waals surface area contributed by atoms with Crippen LogP contribution >= 0.6 is 0 Å². The molecule has 0 N–H and O–H groups in total. The number of pyridine rings is 3. The van der Waals surface area contributed by atoms with Gasteiger partial charge in [-0.2, -0.15) is 0 Å². The molecule has 0 fully saturated rings. The van der Waals surface area contributed by atoms with Crippen molar-refractivity contribution in [1.29, 1.82) is 0 Å². The molecule has 2 aliphatic carbocycles. The number of hydrogen-bond acceptors (Lipinski definition) is 5. The van der Waals surface area contributed by atoms with Crippen molar-refractivity contribution in [2.45, 2.75) is 12.8 Å². The van der Waals surface area contributed by atoms with Crippen LogP contribution in [0.1, 0.15) is 22.3 Å². The Bertz CT molecular complexity index is 3700. The summed E-state index contributed by atoms with van der Waals surface area (Å²) in [6, 6.07) is 60.4. The number of rotatable bonds is 7. The van der Waals surface area contributed by atoms with Gasteiger partial charge in [-0.05, 0) is 135 Å². The van der Waals surface area contributed by atoms with Crippen LogP contribution in [-0.4, -0.2) is 15.0 Å². The van der Waals surface area contributed by atoms with Gasteiger partial charge in [0.05, 0.1) is 28.6 Å². The minimum absolute atomic E-state index is 0.789. The van der Waals surface area contributed by atoms with E-state index in [2.05, 4.69) is 163 Å². The number of hydrogen-bond donors (Lipinski definition) is 0. The Morgan fingerprint density at radius 2 is 1.12 bits per heavy atom. The molecule has 64 heavy (non-hydrogen) atoms. The molecule has 0 saturated heterocycles. The molecule has 5 nitrogen and oxygen atoms in total. The van der Waals surface area contributed by atoms with Crippen LogP contribution in [-0.2, 0) is 12.8 Å². The SMILES string of the molecule is C1=Cc2cc(-c3ccc(N(c4ccc(-c5cc6c(cn5)oc5ccccc56)cc4)c4ccc(-c5cc(-c6ccccc6)c6ncccc6n5)cc4)cc3)c3c4c(ccc(c24)C1)CC=C3. The highest BCUT2D eigenvalue weighted by Crippen LogP contribution is 2.44. The Kier molecular flexibility index (Phi) is 8.28. The van der Waals surface area contributed by atoms with E-state index in [0.717, 1.165) is 96.5 Å². The Morgan fingerprint density at radius 3 is 1.89 bits per heavy atom. The zero-order valence-electron chi connectivity index (χ0n) is 34.7. The standard InChI is InChI=1S/C59H38N4O/c1-2-9-37(10-3-1)50-34-54(62-52-16-8-32-60-59(50)52)40-24-30-46(31-25-40)63(45-28-22-39(23-29-45)53-35-51-47-14-4-5-17-55(47)64-56(51)36-61-53)44-26-20-38(21-27-44)49-33-43-13-6-11-41-18-19-42-12-7-15-48(49)58(42)57(41)43/h1-10,13-36H,11-12H2. The fourth-order valence-electron chi connectivity index (χ4n) is 9.90. The van der Waals surface area contributed by atoms with E-state index in [9.17, 15) is 0 Å². The molecule has 13 rings (SSSR count). The summed E-state index contributed by atoms with van der Waals surface area (Å²) < 4.78 is 6.09. The van der Waals surface area contributed by atoms with Gasteiger partial charge in [0.1, 0.15) is 5.58 Å². The van der Waals surface area contributed by atoms with Crippen molar-refractivity contribution in [3.8, 4) is 44.8 Å². The normalized spacial score (nSPS) is 12.8. The lowest BCUT2D eigenvalue weighted by Gasteiger charge is -2.26. The lowest BCUT2D eigenvalue weighted by molar-refractivity contribution is 0.667. The average molecular weight is 819 g/mol. The smallest absolute Gasteiger partial charge is 0.153 e. The molecule has 4 aromatic heterocycles. The molecule has 4 heterocycles. The first-order valence-electron chi connectivity index (χ1n) is 21.8. The molecular formula is C59H38N4O. The number of para-hydroxylation sites is 1. The molecule has 0 spiro atoms. The first kappa shape index (κ1) is 36.3. The van der Waals surface area contributed by atoms with Crippen LogP contribution < -0.4 is 4.90 Å². The third-order valence-corrected chi connectivity index (χ3v) is 13.0. The van der Waals surface area contributed by atoms with Crippen molar-refractivity contribution < 1.29 is 4.42 Å². The van der Waals surface area contributed by atoms with Crippen LogP contribution in [0, 0.1) is 0 Å². The summed E-state index contributed by atoms with van der Waals surface area (Å²) in [6.45, 7) is 0. The second kappa shape index (κ2) is 14.6. The van der Waals surface area contributed by atoms with Crippen molar-refractivity contribution in [2.24, 2.45) is 0 Å². The van der Waals surface area contributed by atoms with E-state index in [1.165, 1.54) is 44.2 Å². The van der Waals surface area contributed by atoms with Crippen molar-refractivity contribution in [1.82, 2.24) is 15.0 Å². The molecule has 0 bridgehead atoms. The minimum atomic E-state index is 0.789. The summed E-state index contributed by atoms with van der Waals surface area (Å²) in [7, 11) is 0. The monoisotopic (exact) mass is 818 g/mol. The molecule has 2 aliphatic rings. The van der Waals surface area contributed by atoms with Crippen LogP contribution in [0.5, 0.6) is 0 Å². The molecule has 300 valence electrons. The van der Waals surface area contributed by atoms with E-state index in [4.69, 9.17) is 19.4 Å². The largest absolute Gasteiger partial charge is 0.454 e. The summed E-state index contributed by atoms with van der Waals surface area (Å²) in [5, 5.41) is 4.98. The number of anilines is 3. The van der Waals surface area contributed by atoms with Gasteiger partial charge >= 0.3 is 0 Å². The van der Waals surface area contributed by atoms with Gasteiger partial charge in [-0.3, -0.25) is 9.97 Å². The second-order valence-corrected chi connectivity index (χ2v) is 16.7. The van der Waals surface area contributed by atoms with Crippen LogP contribution in [0.2, 0.25) is 0 Å². The van der Waals surface area contributed by atoms with Crippen molar-refractivity contribution in [3.05, 3.63) is 217 Å². The quantitative estimate of drug-likeness (QED) is 0.160. The van der Waals surface area contributed by atoms with E-state index in [1.54, 1.807) is 0 Å². The molecule has 7 aromatic carbocycles. The molecule has 0 unspecified atom stereocenters. The fourth-order valence-corrected chi connectivity index (χ4v) is 9.90. The van der Waals surface area contributed by atoms with E-state index in [0.29, 0.717) is 0 Å². The summed E-state index contributed by atoms with van der Waals surface area (Å²) in [6.07, 6.45) is 14.9. The maximum absolute atomic E-state index is 6.09. The Hall–Kier alpha value is -8.41. The Morgan fingerprint density at radius 1 is 0.469 bits per heavy atom. The summed E-state index contributed by atoms with van der Waals surface area (Å²) in [5.74, 6) is 0. The zero-order chi connectivity index (χ0) is 42.1. The number of nitrogens with zero attached hydrogens (tertiary/aromatic N) is 4. The fraction of sp³-hybridized carbons (Fsp3) is 0.0339. The zero-order valence-corrected chi connectivity index (χ0v) is 34.7. The van der Waals surface area contributed by atoms with Crippen molar-refractivity contribution in [2.75, 3.05) is 4.90 Å². The molecule has 0 saturated carbocycles. The molecule has 0 amide bonds. The predicted molar refractivity (Wildman–Crippen MR) is 264 cm³/mol. The molecule has 0 atom stereocenters. The van der Waals surface area contributed by atoms with Gasteiger partial charge in [-0.1, -0.05) is 121 Å². The Labute approximate surface area is 370 Å². The highest BCUT2D eigenvalue weighted by molar-refractivity contribution is 6.08. The third-order valence-electron chi connectivity index (χ3n) is 13.0. The number of aromatic nitrogens is 3. The Balaban J connectivity index is 0.908. The summed E-state index contributed by atoms with van der Waals surface area (Å²) >= 11 is 0. The van der Waals surface area contributed by atoms with Crippen molar-refractivity contribution in [3.63, 3.8) is 0 Å². The molecule has 0 radical (unpaired) electrons. The molecular weight excluding hydrogens is 781 g/mol. The third kappa shape index (κ3) is 5.97. The van der Waals surface area contributed by atoms with Gasteiger partial charge in [0.15, 0.2) is 5.58 Å². The number of furan rings is 1. The predicted octanol–water partition coefficient (Wildman–Crippen LogP) is 15.4. The number of allylic oxidation sites excluding steroid dienone is 2. The van der Waals surface area contributed by atoms with Crippen LogP contribution in [0.4, 0.5) is 17.1 Å². The second-order valence-electron chi connectivity index (χ2n) is 16.7. The molecule has 5 heteroatoms. The van der Waals surface area contributed by atoms with Crippen LogP contribution in [0.15, 0.2) is 199 Å². The first-order valence-corrected chi connectivity index (χ1v) is 21.8. The number of fused-ring (bicyclic) bond motifs is 4. The van der Waals surface area contributed by atoms with Gasteiger partial charge < -0.3 is 9.32 Å². The van der Waals surface area contributed by atoms with Crippen LogP contribution in [0.3, 0.4) is 0 Å². The van der Waals surface area contributed by atoms with E-state index >= 15 is 0 Å². The van der Waals surface area contributed by atoms with Gasteiger partial charge in [-0.25, -0.2) is 4.98 Å².